The summed E-state index contributed by atoms with van der Waals surface area (Å²) in [5.41, 5.74) is 0.922. The average molecular weight is 291 g/mol. The molecule has 4 heteroatoms. The molecular formula is C17H25NO3. The Morgan fingerprint density at radius 2 is 2.00 bits per heavy atom. The first-order valence-electron chi connectivity index (χ1n) is 7.46. The fourth-order valence-electron chi connectivity index (χ4n) is 2.97. The van der Waals surface area contributed by atoms with Crippen molar-refractivity contribution in [2.75, 3.05) is 0 Å². The van der Waals surface area contributed by atoms with Crippen LogP contribution in [-0.4, -0.2) is 28.2 Å². The Labute approximate surface area is 126 Å². The number of nitrogens with zero attached hydrogens (tertiary/aromatic N) is 1. The van der Waals surface area contributed by atoms with Crippen LogP contribution in [-0.2, 0) is 4.74 Å². The summed E-state index contributed by atoms with van der Waals surface area (Å²) in [6.45, 7) is 10.2. The lowest BCUT2D eigenvalue weighted by Gasteiger charge is -2.28. The number of benzene rings is 1. The third-order valence-corrected chi connectivity index (χ3v) is 3.91. The summed E-state index contributed by atoms with van der Waals surface area (Å²) in [6.07, 6.45) is 1.43. The van der Waals surface area contributed by atoms with Gasteiger partial charge in [0.2, 0.25) is 0 Å². The van der Waals surface area contributed by atoms with Crippen LogP contribution < -0.4 is 4.74 Å². The first-order chi connectivity index (χ1) is 9.79. The fraction of sp³-hybridized carbons (Fsp3) is 0.588. The van der Waals surface area contributed by atoms with Crippen molar-refractivity contribution in [2.24, 2.45) is 5.16 Å². The number of rotatable bonds is 4. The average Bonchev–Trinajstić information content (AvgIpc) is 2.60. The van der Waals surface area contributed by atoms with Crippen molar-refractivity contribution in [3.63, 3.8) is 0 Å². The third-order valence-electron chi connectivity index (χ3n) is 3.91. The van der Waals surface area contributed by atoms with Gasteiger partial charge >= 0.3 is 0 Å². The minimum Gasteiger partial charge on any atom is -0.487 e. The molecule has 0 aliphatic carbocycles. The summed E-state index contributed by atoms with van der Waals surface area (Å²) >= 11 is 0. The molecule has 1 aliphatic rings. The van der Waals surface area contributed by atoms with Gasteiger partial charge in [-0.3, -0.25) is 0 Å². The van der Waals surface area contributed by atoms with Gasteiger partial charge in [0.05, 0.1) is 11.3 Å². The molecule has 0 amide bonds. The van der Waals surface area contributed by atoms with E-state index in [2.05, 4.69) is 32.9 Å². The van der Waals surface area contributed by atoms with Gasteiger partial charge in [-0.05, 0) is 46.2 Å². The molecule has 0 saturated carbocycles. The number of hydrogen-bond donors (Lipinski definition) is 1. The lowest BCUT2D eigenvalue weighted by Crippen LogP contribution is -2.37. The Morgan fingerprint density at radius 1 is 1.33 bits per heavy atom. The van der Waals surface area contributed by atoms with Gasteiger partial charge < -0.3 is 14.7 Å². The van der Waals surface area contributed by atoms with Crippen molar-refractivity contribution < 1.29 is 14.7 Å². The Bertz CT molecular complexity index is 535. The highest BCUT2D eigenvalue weighted by Gasteiger charge is 2.47. The summed E-state index contributed by atoms with van der Waals surface area (Å²) in [4.78, 5) is 0. The molecule has 4 nitrogen and oxygen atoms in total. The van der Waals surface area contributed by atoms with Gasteiger partial charge in [-0.15, -0.1) is 0 Å². The zero-order valence-electron chi connectivity index (χ0n) is 13.5. The maximum atomic E-state index is 9.16. The second-order valence-corrected chi connectivity index (χ2v) is 6.67. The van der Waals surface area contributed by atoms with Crippen molar-refractivity contribution >= 4 is 5.71 Å². The van der Waals surface area contributed by atoms with Crippen LogP contribution in [0.4, 0.5) is 0 Å². The highest BCUT2D eigenvalue weighted by Crippen LogP contribution is 2.40. The standard InChI is InChI=1S/C17H25NO3/c1-6-13(18-19)12-9-7-8-10-14(12)20-15-11-16(2,3)21-17(15,4)5/h7-10,15,19H,6,11H2,1-5H3/b18-13-. The molecular weight excluding hydrogens is 266 g/mol. The second kappa shape index (κ2) is 5.68. The van der Waals surface area contributed by atoms with E-state index in [-0.39, 0.29) is 17.3 Å². The predicted molar refractivity (Wildman–Crippen MR) is 83.3 cm³/mol. The Hall–Kier alpha value is -1.55. The molecule has 1 saturated heterocycles. The van der Waals surface area contributed by atoms with E-state index < -0.39 is 0 Å². The lowest BCUT2D eigenvalue weighted by molar-refractivity contribution is -0.0846. The lowest BCUT2D eigenvalue weighted by atomic mass is 9.97. The van der Waals surface area contributed by atoms with E-state index in [1.165, 1.54) is 0 Å². The molecule has 1 fully saturated rings. The maximum absolute atomic E-state index is 9.16. The predicted octanol–water partition coefficient (Wildman–Crippen LogP) is 4.00. The zero-order chi connectivity index (χ0) is 15.7. The van der Waals surface area contributed by atoms with Gasteiger partial charge in [-0.1, -0.05) is 24.2 Å². The molecule has 1 N–H and O–H groups in total. The quantitative estimate of drug-likeness (QED) is 0.518. The maximum Gasteiger partial charge on any atom is 0.130 e. The first-order valence-corrected chi connectivity index (χ1v) is 7.46. The second-order valence-electron chi connectivity index (χ2n) is 6.67. The smallest absolute Gasteiger partial charge is 0.130 e. The van der Waals surface area contributed by atoms with Crippen LogP contribution in [0.3, 0.4) is 0 Å². The number of hydrogen-bond acceptors (Lipinski definition) is 4. The molecule has 0 spiro atoms. The van der Waals surface area contributed by atoms with Crippen molar-refractivity contribution in [1.82, 2.24) is 0 Å². The Morgan fingerprint density at radius 3 is 2.52 bits per heavy atom. The largest absolute Gasteiger partial charge is 0.487 e. The van der Waals surface area contributed by atoms with Crippen molar-refractivity contribution in [1.29, 1.82) is 0 Å². The van der Waals surface area contributed by atoms with E-state index in [1.54, 1.807) is 0 Å². The summed E-state index contributed by atoms with van der Waals surface area (Å²) < 4.78 is 12.3. The SMILES string of the molecule is CC/C(=N/O)c1ccccc1OC1CC(C)(C)OC1(C)C. The molecule has 116 valence electrons. The molecule has 1 heterocycles. The minimum atomic E-state index is -0.348. The van der Waals surface area contributed by atoms with Crippen LogP contribution in [0.1, 0.15) is 53.0 Å². The third kappa shape index (κ3) is 3.38. The molecule has 1 aromatic rings. The first kappa shape index (κ1) is 15.8. The zero-order valence-corrected chi connectivity index (χ0v) is 13.5. The number of para-hydroxylation sites is 1. The van der Waals surface area contributed by atoms with Crippen LogP contribution in [0.25, 0.3) is 0 Å². The van der Waals surface area contributed by atoms with E-state index in [1.807, 2.05) is 31.2 Å². The fourth-order valence-corrected chi connectivity index (χ4v) is 2.97. The van der Waals surface area contributed by atoms with E-state index in [4.69, 9.17) is 14.7 Å². The normalized spacial score (nSPS) is 24.0. The van der Waals surface area contributed by atoms with E-state index in [0.717, 1.165) is 17.7 Å². The number of oxime groups is 1. The van der Waals surface area contributed by atoms with Crippen LogP contribution >= 0.6 is 0 Å². The molecule has 21 heavy (non-hydrogen) atoms. The molecule has 1 unspecified atom stereocenters. The van der Waals surface area contributed by atoms with Crippen LogP contribution in [0.15, 0.2) is 29.4 Å². The van der Waals surface area contributed by atoms with E-state index >= 15 is 0 Å². The highest BCUT2D eigenvalue weighted by molar-refractivity contribution is 6.02. The molecule has 1 aliphatic heterocycles. The molecule has 0 aromatic heterocycles. The Kier molecular flexibility index (Phi) is 4.28. The Balaban J connectivity index is 2.29. The van der Waals surface area contributed by atoms with Gasteiger partial charge in [0, 0.05) is 12.0 Å². The molecule has 2 rings (SSSR count). The topological polar surface area (TPSA) is 51.1 Å². The van der Waals surface area contributed by atoms with Gasteiger partial charge in [-0.25, -0.2) is 0 Å². The summed E-state index contributed by atoms with van der Waals surface area (Å²) in [5, 5.41) is 12.5. The van der Waals surface area contributed by atoms with Crippen LogP contribution in [0.5, 0.6) is 5.75 Å². The minimum absolute atomic E-state index is 0.0366. The van der Waals surface area contributed by atoms with E-state index in [0.29, 0.717) is 12.1 Å². The molecule has 0 bridgehead atoms. The van der Waals surface area contributed by atoms with Gasteiger partial charge in [0.1, 0.15) is 17.5 Å². The van der Waals surface area contributed by atoms with Crippen molar-refractivity contribution in [3.05, 3.63) is 29.8 Å². The molecule has 1 aromatic carbocycles. The van der Waals surface area contributed by atoms with Crippen LogP contribution in [0, 0.1) is 0 Å². The molecule has 1 atom stereocenters. The highest BCUT2D eigenvalue weighted by atomic mass is 16.6. The van der Waals surface area contributed by atoms with Gasteiger partial charge in [0.15, 0.2) is 0 Å². The van der Waals surface area contributed by atoms with Gasteiger partial charge in [-0.2, -0.15) is 0 Å². The van der Waals surface area contributed by atoms with Crippen LogP contribution in [0.2, 0.25) is 0 Å². The summed E-state index contributed by atoms with van der Waals surface area (Å²) in [6, 6.07) is 7.68. The van der Waals surface area contributed by atoms with E-state index in [9.17, 15) is 0 Å². The summed E-state index contributed by atoms with van der Waals surface area (Å²) in [5.74, 6) is 0.742. The number of ether oxygens (including phenoxy) is 2. The van der Waals surface area contributed by atoms with Gasteiger partial charge in [0.25, 0.3) is 0 Å². The monoisotopic (exact) mass is 291 g/mol. The van der Waals surface area contributed by atoms with Crippen molar-refractivity contribution in [3.8, 4) is 5.75 Å². The van der Waals surface area contributed by atoms with Crippen molar-refractivity contribution in [2.45, 2.75) is 64.8 Å². The molecule has 0 radical (unpaired) electrons. The summed E-state index contributed by atoms with van der Waals surface area (Å²) in [7, 11) is 0.